The summed E-state index contributed by atoms with van der Waals surface area (Å²) in [7, 11) is 0. The molecule has 0 aliphatic heterocycles. The van der Waals surface area contributed by atoms with Gasteiger partial charge in [0, 0.05) is 11.7 Å². The van der Waals surface area contributed by atoms with Crippen LogP contribution in [0.15, 0.2) is 18.2 Å². The number of hydrogen-bond acceptors (Lipinski definition) is 3. The van der Waals surface area contributed by atoms with Gasteiger partial charge >= 0.3 is 0 Å². The lowest BCUT2D eigenvalue weighted by molar-refractivity contribution is -0.123. The van der Waals surface area contributed by atoms with E-state index in [0.717, 1.165) is 5.56 Å². The maximum absolute atomic E-state index is 12.0. The molecule has 0 saturated heterocycles. The van der Waals surface area contributed by atoms with Crippen LogP contribution in [0.25, 0.3) is 0 Å². The van der Waals surface area contributed by atoms with Gasteiger partial charge in [0.2, 0.25) is 5.91 Å². The van der Waals surface area contributed by atoms with E-state index in [-0.39, 0.29) is 17.9 Å². The van der Waals surface area contributed by atoms with Crippen molar-refractivity contribution in [1.29, 1.82) is 0 Å². The Bertz CT molecular complexity index is 484. The zero-order valence-electron chi connectivity index (χ0n) is 11.8. The fourth-order valence-electron chi connectivity index (χ4n) is 1.63. The fourth-order valence-corrected chi connectivity index (χ4v) is 1.63. The van der Waals surface area contributed by atoms with Crippen LogP contribution in [-0.2, 0) is 4.79 Å². The molecule has 0 radical (unpaired) electrons. The van der Waals surface area contributed by atoms with E-state index in [1.54, 1.807) is 19.1 Å². The van der Waals surface area contributed by atoms with Crippen molar-refractivity contribution in [3.05, 3.63) is 29.3 Å². The zero-order chi connectivity index (χ0) is 14.6. The van der Waals surface area contributed by atoms with Gasteiger partial charge in [0.05, 0.1) is 5.56 Å². The van der Waals surface area contributed by atoms with E-state index in [2.05, 4.69) is 10.6 Å². The molecule has 104 valence electrons. The Morgan fingerprint density at radius 3 is 2.37 bits per heavy atom. The molecule has 1 rings (SSSR count). The number of aryl methyl sites for hydroxylation is 1. The molecular weight excluding hydrogens is 242 g/mol. The topological polar surface area (TPSA) is 84.2 Å². The first-order valence-corrected chi connectivity index (χ1v) is 6.29. The highest BCUT2D eigenvalue weighted by Gasteiger charge is 2.18. The van der Waals surface area contributed by atoms with Gasteiger partial charge in [-0.1, -0.05) is 12.1 Å². The number of benzene rings is 1. The van der Waals surface area contributed by atoms with Gasteiger partial charge in [-0.25, -0.2) is 0 Å². The number of carbonyl (C=O) groups is 2. The smallest absolute Gasteiger partial charge is 0.254 e. The fraction of sp³-hybridized carbons (Fsp3) is 0.429. The molecule has 0 saturated carbocycles. The van der Waals surface area contributed by atoms with E-state index >= 15 is 0 Å². The summed E-state index contributed by atoms with van der Waals surface area (Å²) >= 11 is 0. The summed E-state index contributed by atoms with van der Waals surface area (Å²) in [5, 5.41) is 5.38. The van der Waals surface area contributed by atoms with Crippen molar-refractivity contribution >= 4 is 17.5 Å². The Kier molecular flexibility index (Phi) is 4.92. The number of carbonyl (C=O) groups excluding carboxylic acids is 2. The molecule has 2 amide bonds. The molecule has 0 spiro atoms. The Balaban J connectivity index is 2.74. The third-order valence-corrected chi connectivity index (χ3v) is 2.74. The van der Waals surface area contributed by atoms with Gasteiger partial charge in [-0.3, -0.25) is 9.59 Å². The van der Waals surface area contributed by atoms with Crippen LogP contribution in [-0.4, -0.2) is 23.9 Å². The monoisotopic (exact) mass is 263 g/mol. The van der Waals surface area contributed by atoms with E-state index in [4.69, 9.17) is 5.73 Å². The lowest BCUT2D eigenvalue weighted by Gasteiger charge is -2.17. The van der Waals surface area contributed by atoms with Crippen molar-refractivity contribution < 1.29 is 9.59 Å². The molecule has 4 N–H and O–H groups in total. The molecule has 0 bridgehead atoms. The minimum absolute atomic E-state index is 0.0379. The lowest BCUT2D eigenvalue weighted by Crippen LogP contribution is -2.46. The third-order valence-electron chi connectivity index (χ3n) is 2.74. The quantitative estimate of drug-likeness (QED) is 0.714. The molecule has 5 nitrogen and oxygen atoms in total. The molecule has 1 aromatic rings. The standard InChI is InChI=1S/C14H21N3O2/c1-8(2)16-13(18)10(4)17-14(19)11-7-5-6-9(3)12(11)15/h5-8,10H,15H2,1-4H3,(H,16,18)(H,17,19). The normalized spacial score (nSPS) is 12.1. The molecule has 1 aromatic carbocycles. The van der Waals surface area contributed by atoms with E-state index in [9.17, 15) is 9.59 Å². The van der Waals surface area contributed by atoms with Crippen LogP contribution in [0.3, 0.4) is 0 Å². The van der Waals surface area contributed by atoms with Gasteiger partial charge in [-0.2, -0.15) is 0 Å². The maximum atomic E-state index is 12.0. The Morgan fingerprint density at radius 2 is 1.79 bits per heavy atom. The number of para-hydroxylation sites is 1. The molecule has 0 aliphatic rings. The van der Waals surface area contributed by atoms with Crippen LogP contribution in [0.5, 0.6) is 0 Å². The molecule has 0 heterocycles. The predicted molar refractivity (Wildman–Crippen MR) is 75.8 cm³/mol. The Hall–Kier alpha value is -2.04. The molecule has 0 aromatic heterocycles. The van der Waals surface area contributed by atoms with Crippen LogP contribution in [0.4, 0.5) is 5.69 Å². The van der Waals surface area contributed by atoms with Crippen LogP contribution in [0.2, 0.25) is 0 Å². The van der Waals surface area contributed by atoms with Crippen molar-refractivity contribution in [2.24, 2.45) is 0 Å². The Morgan fingerprint density at radius 1 is 1.16 bits per heavy atom. The van der Waals surface area contributed by atoms with Gasteiger partial charge in [0.15, 0.2) is 0 Å². The van der Waals surface area contributed by atoms with Crippen molar-refractivity contribution in [2.75, 3.05) is 5.73 Å². The number of nitrogens with two attached hydrogens (primary N) is 1. The highest BCUT2D eigenvalue weighted by molar-refractivity contribution is 6.01. The summed E-state index contributed by atoms with van der Waals surface area (Å²) in [4.78, 5) is 23.8. The molecule has 1 atom stereocenters. The van der Waals surface area contributed by atoms with E-state index < -0.39 is 6.04 Å². The summed E-state index contributed by atoms with van der Waals surface area (Å²) in [6.07, 6.45) is 0. The molecular formula is C14H21N3O2. The minimum atomic E-state index is -0.602. The zero-order valence-corrected chi connectivity index (χ0v) is 11.8. The van der Waals surface area contributed by atoms with E-state index in [1.165, 1.54) is 0 Å². The van der Waals surface area contributed by atoms with Gasteiger partial charge in [0.1, 0.15) is 6.04 Å². The summed E-state index contributed by atoms with van der Waals surface area (Å²) in [5.41, 5.74) is 7.53. The molecule has 19 heavy (non-hydrogen) atoms. The number of nitrogen functional groups attached to an aromatic ring is 1. The molecule has 5 heteroatoms. The summed E-state index contributed by atoms with van der Waals surface area (Å²) in [6, 6.07) is 4.68. The molecule has 1 unspecified atom stereocenters. The summed E-state index contributed by atoms with van der Waals surface area (Å²) in [6.45, 7) is 7.21. The van der Waals surface area contributed by atoms with Crippen molar-refractivity contribution in [1.82, 2.24) is 10.6 Å². The van der Waals surface area contributed by atoms with Crippen LogP contribution in [0, 0.1) is 6.92 Å². The number of rotatable bonds is 4. The highest BCUT2D eigenvalue weighted by Crippen LogP contribution is 2.16. The Labute approximate surface area is 113 Å². The van der Waals surface area contributed by atoms with Crippen molar-refractivity contribution in [3.8, 4) is 0 Å². The maximum Gasteiger partial charge on any atom is 0.254 e. The predicted octanol–water partition coefficient (Wildman–Crippen LogP) is 1.22. The van der Waals surface area contributed by atoms with Gasteiger partial charge in [-0.15, -0.1) is 0 Å². The first kappa shape index (κ1) is 15.0. The second-order valence-corrected chi connectivity index (χ2v) is 4.89. The second kappa shape index (κ2) is 6.22. The first-order valence-electron chi connectivity index (χ1n) is 6.29. The SMILES string of the molecule is Cc1cccc(C(=O)NC(C)C(=O)NC(C)C)c1N. The van der Waals surface area contributed by atoms with Crippen LogP contribution >= 0.6 is 0 Å². The second-order valence-electron chi connectivity index (χ2n) is 4.89. The van der Waals surface area contributed by atoms with Crippen LogP contribution < -0.4 is 16.4 Å². The van der Waals surface area contributed by atoms with Crippen LogP contribution in [0.1, 0.15) is 36.7 Å². The van der Waals surface area contributed by atoms with Crippen molar-refractivity contribution in [3.63, 3.8) is 0 Å². The lowest BCUT2D eigenvalue weighted by atomic mass is 10.1. The molecule has 0 aliphatic carbocycles. The minimum Gasteiger partial charge on any atom is -0.398 e. The average molecular weight is 263 g/mol. The molecule has 0 fully saturated rings. The van der Waals surface area contributed by atoms with E-state index in [1.807, 2.05) is 26.8 Å². The number of anilines is 1. The highest BCUT2D eigenvalue weighted by atomic mass is 16.2. The number of amides is 2. The third kappa shape index (κ3) is 3.98. The van der Waals surface area contributed by atoms with Gasteiger partial charge in [-0.05, 0) is 39.3 Å². The van der Waals surface area contributed by atoms with E-state index in [0.29, 0.717) is 11.3 Å². The number of hydrogen-bond donors (Lipinski definition) is 3. The number of nitrogens with one attached hydrogen (secondary N) is 2. The first-order chi connectivity index (χ1) is 8.82. The summed E-state index contributed by atoms with van der Waals surface area (Å²) < 4.78 is 0. The summed E-state index contributed by atoms with van der Waals surface area (Å²) in [5.74, 6) is -0.554. The average Bonchev–Trinajstić information content (AvgIpc) is 2.31. The largest absolute Gasteiger partial charge is 0.398 e. The van der Waals surface area contributed by atoms with Gasteiger partial charge < -0.3 is 16.4 Å². The van der Waals surface area contributed by atoms with Gasteiger partial charge in [0.25, 0.3) is 5.91 Å². The van der Waals surface area contributed by atoms with Crippen molar-refractivity contribution in [2.45, 2.75) is 39.8 Å².